The van der Waals surface area contributed by atoms with Crippen LogP contribution in [0.5, 0.6) is 0 Å². The first-order valence-electron chi connectivity index (χ1n) is 11.3. The van der Waals surface area contributed by atoms with E-state index in [0.29, 0.717) is 25.9 Å². The number of nitrogens with one attached hydrogen (secondary N) is 2. The largest absolute Gasteiger partial charge is 0.480 e. The molecule has 1 fully saturated rings. The van der Waals surface area contributed by atoms with Crippen molar-refractivity contribution in [2.75, 3.05) is 13.1 Å². The van der Waals surface area contributed by atoms with Crippen molar-refractivity contribution in [3.05, 3.63) is 35.9 Å². The summed E-state index contributed by atoms with van der Waals surface area (Å²) in [7, 11) is 0. The van der Waals surface area contributed by atoms with E-state index in [2.05, 4.69) is 10.6 Å². The second kappa shape index (κ2) is 10.9. The van der Waals surface area contributed by atoms with Gasteiger partial charge in [-0.15, -0.1) is 0 Å². The second-order valence-corrected chi connectivity index (χ2v) is 9.68. The molecule has 0 radical (unpaired) electrons. The molecule has 0 aromatic heterocycles. The van der Waals surface area contributed by atoms with Crippen LogP contribution in [0.4, 0.5) is 4.79 Å². The molecule has 4 N–H and O–H groups in total. The van der Waals surface area contributed by atoms with E-state index in [1.54, 1.807) is 25.7 Å². The zero-order valence-corrected chi connectivity index (χ0v) is 20.3. The van der Waals surface area contributed by atoms with Crippen molar-refractivity contribution < 1.29 is 34.1 Å². The first kappa shape index (κ1) is 27.1. The minimum atomic E-state index is -1.49. The number of likely N-dealkylation sites (tertiary alicyclic amines) is 1. The molecular weight excluding hydrogens is 442 g/mol. The van der Waals surface area contributed by atoms with E-state index in [1.165, 1.54) is 13.8 Å². The van der Waals surface area contributed by atoms with Crippen LogP contribution in [0.15, 0.2) is 30.3 Å². The van der Waals surface area contributed by atoms with Gasteiger partial charge in [-0.3, -0.25) is 9.59 Å². The highest BCUT2D eigenvalue weighted by Gasteiger charge is 2.45. The lowest BCUT2D eigenvalue weighted by atomic mass is 9.72. The Bertz CT molecular complexity index is 888. The molecule has 1 aromatic rings. The fourth-order valence-corrected chi connectivity index (χ4v) is 3.87. The number of carbonyl (C=O) groups is 4. The van der Waals surface area contributed by atoms with E-state index in [9.17, 15) is 29.4 Å². The molecule has 0 saturated carbocycles. The Hall–Kier alpha value is -3.14. The molecule has 0 aliphatic carbocycles. The molecule has 1 saturated heterocycles. The Morgan fingerprint density at radius 1 is 1.03 bits per heavy atom. The van der Waals surface area contributed by atoms with Gasteiger partial charge in [0.15, 0.2) is 6.04 Å². The SMILES string of the molecule is CC(O)[C@H](NC(=O)[C@H](C)NC(=O)C1(c2ccccc2)CCN(C(=O)OC(C)(C)C)CC1)C(=O)O. The fraction of sp³-hybridized carbons (Fsp3) is 0.583. The lowest BCUT2D eigenvalue weighted by Crippen LogP contribution is -2.58. The number of aliphatic carboxylic acids is 1. The molecule has 1 aliphatic heterocycles. The van der Waals surface area contributed by atoms with Crippen molar-refractivity contribution in [1.29, 1.82) is 0 Å². The third kappa shape index (κ3) is 6.69. The first-order valence-corrected chi connectivity index (χ1v) is 11.3. The quantitative estimate of drug-likeness (QED) is 0.464. The van der Waals surface area contributed by atoms with Crippen molar-refractivity contribution in [3.63, 3.8) is 0 Å². The summed E-state index contributed by atoms with van der Waals surface area (Å²) in [5.41, 5.74) is -0.855. The maximum absolute atomic E-state index is 13.5. The van der Waals surface area contributed by atoms with Crippen LogP contribution in [0.3, 0.4) is 0 Å². The van der Waals surface area contributed by atoms with Gasteiger partial charge in [0.1, 0.15) is 11.6 Å². The average molecular weight is 478 g/mol. The zero-order valence-electron chi connectivity index (χ0n) is 20.3. The predicted molar refractivity (Wildman–Crippen MR) is 124 cm³/mol. The molecular formula is C24H35N3O7. The minimum absolute atomic E-state index is 0.293. The van der Waals surface area contributed by atoms with E-state index < -0.39 is 53.1 Å². The highest BCUT2D eigenvalue weighted by atomic mass is 16.6. The number of piperidine rings is 1. The number of hydrogen-bond acceptors (Lipinski definition) is 6. The van der Waals surface area contributed by atoms with E-state index in [0.717, 1.165) is 5.56 Å². The number of aliphatic hydroxyl groups excluding tert-OH is 1. The van der Waals surface area contributed by atoms with Gasteiger partial charge in [-0.05, 0) is 53.0 Å². The van der Waals surface area contributed by atoms with Gasteiger partial charge in [-0.1, -0.05) is 30.3 Å². The summed E-state index contributed by atoms with van der Waals surface area (Å²) >= 11 is 0. The smallest absolute Gasteiger partial charge is 0.410 e. The first-order chi connectivity index (χ1) is 15.8. The van der Waals surface area contributed by atoms with Crippen LogP contribution in [0.1, 0.15) is 53.0 Å². The molecule has 10 nitrogen and oxygen atoms in total. The minimum Gasteiger partial charge on any atom is -0.480 e. The topological polar surface area (TPSA) is 145 Å². The van der Waals surface area contributed by atoms with Crippen LogP contribution in [-0.2, 0) is 24.5 Å². The Balaban J connectivity index is 2.18. The zero-order chi connectivity index (χ0) is 25.7. The second-order valence-electron chi connectivity index (χ2n) is 9.68. The number of carboxylic acid groups (broad SMARTS) is 1. The van der Waals surface area contributed by atoms with E-state index in [1.807, 2.05) is 30.3 Å². The molecule has 34 heavy (non-hydrogen) atoms. The number of carbonyl (C=O) groups excluding carboxylic acids is 3. The van der Waals surface area contributed by atoms with E-state index in [-0.39, 0.29) is 0 Å². The molecule has 3 atom stereocenters. The molecule has 1 heterocycles. The summed E-state index contributed by atoms with van der Waals surface area (Å²) in [6, 6.07) is 6.61. The van der Waals surface area contributed by atoms with Crippen LogP contribution in [0, 0.1) is 0 Å². The van der Waals surface area contributed by atoms with E-state index in [4.69, 9.17) is 4.74 Å². The number of carboxylic acids is 1. The highest BCUT2D eigenvalue weighted by Crippen LogP contribution is 2.36. The number of ether oxygens (including phenoxy) is 1. The van der Waals surface area contributed by atoms with Crippen LogP contribution in [0.2, 0.25) is 0 Å². The van der Waals surface area contributed by atoms with Gasteiger partial charge in [0, 0.05) is 13.1 Å². The molecule has 3 amide bonds. The molecule has 10 heteroatoms. The van der Waals surface area contributed by atoms with Gasteiger partial charge < -0.3 is 30.5 Å². The third-order valence-electron chi connectivity index (χ3n) is 5.82. The summed E-state index contributed by atoms with van der Waals surface area (Å²) in [6.45, 7) is 8.65. The molecule has 0 spiro atoms. The Morgan fingerprint density at radius 3 is 2.06 bits per heavy atom. The highest BCUT2D eigenvalue weighted by molar-refractivity contribution is 5.94. The van der Waals surface area contributed by atoms with Crippen LogP contribution < -0.4 is 10.6 Å². The Labute approximate surface area is 199 Å². The van der Waals surface area contributed by atoms with Crippen molar-refractivity contribution in [3.8, 4) is 0 Å². The van der Waals surface area contributed by atoms with Gasteiger partial charge in [0.25, 0.3) is 0 Å². The maximum atomic E-state index is 13.5. The lowest BCUT2D eigenvalue weighted by Gasteiger charge is -2.41. The molecule has 2 rings (SSSR count). The number of benzene rings is 1. The van der Waals surface area contributed by atoms with Gasteiger partial charge in [-0.25, -0.2) is 9.59 Å². The summed E-state index contributed by atoms with van der Waals surface area (Å²) in [6.07, 6.45) is -1.11. The summed E-state index contributed by atoms with van der Waals surface area (Å²) < 4.78 is 5.45. The van der Waals surface area contributed by atoms with Gasteiger partial charge in [0.05, 0.1) is 11.5 Å². The van der Waals surface area contributed by atoms with Gasteiger partial charge >= 0.3 is 12.1 Å². The normalized spacial score (nSPS) is 18.2. The average Bonchev–Trinajstić information content (AvgIpc) is 2.76. The van der Waals surface area contributed by atoms with Crippen molar-refractivity contribution in [2.45, 2.75) is 76.7 Å². The third-order valence-corrected chi connectivity index (χ3v) is 5.82. The van der Waals surface area contributed by atoms with Crippen LogP contribution >= 0.6 is 0 Å². The predicted octanol–water partition coefficient (Wildman–Crippen LogP) is 1.41. The van der Waals surface area contributed by atoms with Crippen molar-refractivity contribution >= 4 is 23.9 Å². The summed E-state index contributed by atoms with van der Waals surface area (Å²) in [4.78, 5) is 51.4. The fourth-order valence-electron chi connectivity index (χ4n) is 3.87. The maximum Gasteiger partial charge on any atom is 0.410 e. The van der Waals surface area contributed by atoms with Crippen LogP contribution in [0.25, 0.3) is 0 Å². The van der Waals surface area contributed by atoms with Crippen LogP contribution in [-0.4, -0.2) is 75.9 Å². The number of aliphatic hydroxyl groups is 1. The molecule has 0 bridgehead atoms. The Kier molecular flexibility index (Phi) is 8.66. The standard InChI is InChI=1S/C24H35N3O7/c1-15(19(29)26-18(16(2)28)20(30)31)25-21(32)24(17-9-7-6-8-10-17)11-13-27(14-12-24)22(33)34-23(3,4)5/h6-10,15-16,18,28H,11-14H2,1-5H3,(H,25,32)(H,26,29)(H,30,31)/t15-,16?,18-/m0/s1. The summed E-state index contributed by atoms with van der Waals surface area (Å²) in [5.74, 6) is -2.50. The van der Waals surface area contributed by atoms with Crippen molar-refractivity contribution in [1.82, 2.24) is 15.5 Å². The van der Waals surface area contributed by atoms with Gasteiger partial charge in [0.2, 0.25) is 11.8 Å². The number of nitrogens with zero attached hydrogens (tertiary/aromatic N) is 1. The lowest BCUT2D eigenvalue weighted by molar-refractivity contribution is -0.145. The molecule has 1 unspecified atom stereocenters. The summed E-state index contributed by atoms with van der Waals surface area (Å²) in [5, 5.41) is 23.7. The Morgan fingerprint density at radius 2 is 1.59 bits per heavy atom. The molecule has 1 aliphatic rings. The molecule has 188 valence electrons. The number of amides is 3. The molecule has 1 aromatic carbocycles. The number of hydrogen-bond donors (Lipinski definition) is 4. The van der Waals surface area contributed by atoms with E-state index >= 15 is 0 Å². The van der Waals surface area contributed by atoms with Gasteiger partial charge in [-0.2, -0.15) is 0 Å². The monoisotopic (exact) mass is 477 g/mol. The number of rotatable bonds is 7. The van der Waals surface area contributed by atoms with Crippen molar-refractivity contribution in [2.24, 2.45) is 0 Å².